The molecule has 2 aromatic heterocycles. The molecule has 3 rings (SSSR count). The molecule has 1 N–H and O–H groups in total. The molecule has 1 aliphatic heterocycles. The summed E-state index contributed by atoms with van der Waals surface area (Å²) in [5.74, 6) is 1.26. The van der Waals surface area contributed by atoms with Gasteiger partial charge in [-0.25, -0.2) is 9.97 Å². The van der Waals surface area contributed by atoms with Crippen molar-refractivity contribution >= 4 is 5.91 Å². The van der Waals surface area contributed by atoms with Crippen LogP contribution in [0.15, 0.2) is 30.6 Å². The molecule has 1 fully saturated rings. The Kier molecular flexibility index (Phi) is 5.78. The number of hydrogen-bond acceptors (Lipinski definition) is 6. The van der Waals surface area contributed by atoms with Gasteiger partial charge >= 0.3 is 0 Å². The summed E-state index contributed by atoms with van der Waals surface area (Å²) in [5.41, 5.74) is 1.29. The monoisotopic (exact) mass is 356 g/mol. The zero-order valence-corrected chi connectivity index (χ0v) is 15.3. The Bertz CT molecular complexity index is 749. The first-order valence-electron chi connectivity index (χ1n) is 8.84. The Morgan fingerprint density at radius 3 is 2.88 bits per heavy atom. The largest absolute Gasteiger partial charge is 0.484 e. The maximum atomic E-state index is 12.6. The van der Waals surface area contributed by atoms with E-state index in [1.165, 1.54) is 0 Å². The summed E-state index contributed by atoms with van der Waals surface area (Å²) >= 11 is 0. The van der Waals surface area contributed by atoms with E-state index < -0.39 is 0 Å². The van der Waals surface area contributed by atoms with E-state index >= 15 is 0 Å². The van der Waals surface area contributed by atoms with Crippen LogP contribution in [0.5, 0.6) is 5.75 Å². The fraction of sp³-hybridized carbons (Fsp3) is 0.474. The summed E-state index contributed by atoms with van der Waals surface area (Å²) in [6.45, 7) is 6.91. The van der Waals surface area contributed by atoms with Gasteiger partial charge in [0.05, 0.1) is 18.8 Å². The summed E-state index contributed by atoms with van der Waals surface area (Å²) in [6, 6.07) is 5.23. The summed E-state index contributed by atoms with van der Waals surface area (Å²) in [7, 11) is 0. The molecule has 1 aliphatic rings. The van der Waals surface area contributed by atoms with E-state index in [9.17, 15) is 4.79 Å². The number of aryl methyl sites for hydroxylation is 1. The smallest absolute Gasteiger partial charge is 0.270 e. The predicted molar refractivity (Wildman–Crippen MR) is 96.2 cm³/mol. The molecule has 0 aliphatic carbocycles. The van der Waals surface area contributed by atoms with E-state index in [4.69, 9.17) is 9.47 Å². The van der Waals surface area contributed by atoms with Crippen LogP contribution in [-0.4, -0.2) is 46.2 Å². The Morgan fingerprint density at radius 1 is 1.31 bits per heavy atom. The lowest BCUT2D eigenvalue weighted by atomic mass is 10.1. The van der Waals surface area contributed by atoms with Crippen molar-refractivity contribution in [2.75, 3.05) is 13.2 Å². The van der Waals surface area contributed by atoms with E-state index in [1.54, 1.807) is 18.5 Å². The quantitative estimate of drug-likeness (QED) is 0.884. The molecule has 0 bridgehead atoms. The Morgan fingerprint density at radius 2 is 2.15 bits per heavy atom. The second kappa shape index (κ2) is 8.23. The average Bonchev–Trinajstić information content (AvgIpc) is 2.65. The standard InChI is InChI=1S/C19H24N4O3/c1-12(2)18-20-8-6-16(22-18)19(24)23-15-7-9-25-11-17(15)26-14-5-4-13(3)21-10-14/h4-6,8,10,12,15,17H,7,9,11H2,1-3H3,(H,23,24)/t15-,17+/m0/s1. The van der Waals surface area contributed by atoms with E-state index in [2.05, 4.69) is 20.3 Å². The van der Waals surface area contributed by atoms with Crippen molar-refractivity contribution in [3.8, 4) is 5.75 Å². The molecule has 2 atom stereocenters. The molecule has 7 heteroatoms. The average molecular weight is 356 g/mol. The molecular weight excluding hydrogens is 332 g/mol. The van der Waals surface area contributed by atoms with Crippen molar-refractivity contribution in [3.63, 3.8) is 0 Å². The Hall–Kier alpha value is -2.54. The van der Waals surface area contributed by atoms with Crippen molar-refractivity contribution < 1.29 is 14.3 Å². The number of aromatic nitrogens is 3. The molecule has 26 heavy (non-hydrogen) atoms. The van der Waals surface area contributed by atoms with Crippen molar-refractivity contribution in [2.24, 2.45) is 0 Å². The molecule has 0 aromatic carbocycles. The number of nitrogens with one attached hydrogen (secondary N) is 1. The first kappa shape index (κ1) is 18.3. The van der Waals surface area contributed by atoms with Crippen molar-refractivity contribution in [2.45, 2.75) is 45.3 Å². The van der Waals surface area contributed by atoms with Crippen LogP contribution in [0.3, 0.4) is 0 Å². The van der Waals surface area contributed by atoms with E-state index in [0.29, 0.717) is 36.9 Å². The molecule has 1 amide bonds. The van der Waals surface area contributed by atoms with E-state index in [0.717, 1.165) is 5.69 Å². The maximum Gasteiger partial charge on any atom is 0.270 e. The van der Waals surface area contributed by atoms with Crippen LogP contribution in [-0.2, 0) is 4.74 Å². The van der Waals surface area contributed by atoms with Crippen LogP contribution in [0, 0.1) is 6.92 Å². The highest BCUT2D eigenvalue weighted by Crippen LogP contribution is 2.18. The first-order chi connectivity index (χ1) is 12.5. The summed E-state index contributed by atoms with van der Waals surface area (Å²) < 4.78 is 11.5. The summed E-state index contributed by atoms with van der Waals surface area (Å²) in [6.07, 6.45) is 3.70. The van der Waals surface area contributed by atoms with Gasteiger partial charge in [-0.05, 0) is 31.5 Å². The van der Waals surface area contributed by atoms with Gasteiger partial charge in [0.1, 0.15) is 23.4 Å². The van der Waals surface area contributed by atoms with Gasteiger partial charge in [0.2, 0.25) is 0 Å². The molecule has 138 valence electrons. The fourth-order valence-electron chi connectivity index (χ4n) is 2.71. The zero-order valence-electron chi connectivity index (χ0n) is 15.3. The summed E-state index contributed by atoms with van der Waals surface area (Å²) in [5, 5.41) is 3.03. The van der Waals surface area contributed by atoms with Gasteiger partial charge in [0.25, 0.3) is 5.91 Å². The fourth-order valence-corrected chi connectivity index (χ4v) is 2.71. The Balaban J connectivity index is 1.68. The van der Waals surface area contributed by atoms with Gasteiger partial charge < -0.3 is 14.8 Å². The van der Waals surface area contributed by atoms with Crippen molar-refractivity contribution in [1.82, 2.24) is 20.3 Å². The van der Waals surface area contributed by atoms with Crippen LogP contribution < -0.4 is 10.1 Å². The number of hydrogen-bond donors (Lipinski definition) is 1. The van der Waals surface area contributed by atoms with Crippen LogP contribution in [0.1, 0.15) is 48.2 Å². The minimum Gasteiger partial charge on any atom is -0.484 e. The van der Waals surface area contributed by atoms with E-state index in [-0.39, 0.29) is 24.0 Å². The molecule has 7 nitrogen and oxygen atoms in total. The van der Waals surface area contributed by atoms with Gasteiger partial charge in [0.15, 0.2) is 0 Å². The van der Waals surface area contributed by atoms with Crippen molar-refractivity contribution in [3.05, 3.63) is 47.8 Å². The SMILES string of the molecule is Cc1ccc(O[C@@H]2COCC[C@@H]2NC(=O)c2ccnc(C(C)C)n2)cn1. The number of nitrogens with zero attached hydrogens (tertiary/aromatic N) is 3. The Labute approximate surface area is 153 Å². The highest BCUT2D eigenvalue weighted by Gasteiger charge is 2.29. The summed E-state index contributed by atoms with van der Waals surface area (Å²) in [4.78, 5) is 25.4. The molecule has 1 saturated heterocycles. The third-order valence-electron chi connectivity index (χ3n) is 4.22. The van der Waals surface area contributed by atoms with Gasteiger partial charge in [0, 0.05) is 24.4 Å². The second-order valence-corrected chi connectivity index (χ2v) is 6.69. The maximum absolute atomic E-state index is 12.6. The topological polar surface area (TPSA) is 86.2 Å². The van der Waals surface area contributed by atoms with Crippen LogP contribution in [0.4, 0.5) is 0 Å². The molecule has 0 spiro atoms. The number of pyridine rings is 1. The van der Waals surface area contributed by atoms with Gasteiger partial charge in [-0.2, -0.15) is 0 Å². The molecule has 0 unspecified atom stereocenters. The third kappa shape index (κ3) is 4.54. The normalized spacial score (nSPS) is 20.0. The minimum absolute atomic E-state index is 0.157. The molecular formula is C19H24N4O3. The molecule has 3 heterocycles. The lowest BCUT2D eigenvalue weighted by Crippen LogP contribution is -2.51. The van der Waals surface area contributed by atoms with Gasteiger partial charge in [-0.1, -0.05) is 13.8 Å². The molecule has 2 aromatic rings. The lowest BCUT2D eigenvalue weighted by Gasteiger charge is -2.32. The van der Waals surface area contributed by atoms with Crippen LogP contribution >= 0.6 is 0 Å². The predicted octanol–water partition coefficient (Wildman–Crippen LogP) is 2.27. The third-order valence-corrected chi connectivity index (χ3v) is 4.22. The highest BCUT2D eigenvalue weighted by atomic mass is 16.5. The number of rotatable bonds is 5. The first-order valence-corrected chi connectivity index (χ1v) is 8.84. The van der Waals surface area contributed by atoms with Gasteiger partial charge in [-0.3, -0.25) is 9.78 Å². The van der Waals surface area contributed by atoms with E-state index in [1.807, 2.05) is 32.9 Å². The lowest BCUT2D eigenvalue weighted by molar-refractivity contribution is -0.0137. The molecule has 0 saturated carbocycles. The van der Waals surface area contributed by atoms with Gasteiger partial charge in [-0.15, -0.1) is 0 Å². The highest BCUT2D eigenvalue weighted by molar-refractivity contribution is 5.92. The number of carbonyl (C=O) groups is 1. The number of ether oxygens (including phenoxy) is 2. The number of carbonyl (C=O) groups excluding carboxylic acids is 1. The molecule has 0 radical (unpaired) electrons. The zero-order chi connectivity index (χ0) is 18.5. The minimum atomic E-state index is -0.274. The number of amides is 1. The van der Waals surface area contributed by atoms with Crippen LogP contribution in [0.2, 0.25) is 0 Å². The second-order valence-electron chi connectivity index (χ2n) is 6.69. The van der Waals surface area contributed by atoms with Crippen LogP contribution in [0.25, 0.3) is 0 Å². The van der Waals surface area contributed by atoms with Crippen molar-refractivity contribution in [1.29, 1.82) is 0 Å².